The lowest BCUT2D eigenvalue weighted by Gasteiger charge is -2.19. The van der Waals surface area contributed by atoms with Crippen LogP contribution in [0.4, 0.5) is 0 Å². The summed E-state index contributed by atoms with van der Waals surface area (Å²) in [6.07, 6.45) is 2.73. The fourth-order valence-corrected chi connectivity index (χ4v) is 3.95. The lowest BCUT2D eigenvalue weighted by molar-refractivity contribution is -0.128. The van der Waals surface area contributed by atoms with Crippen molar-refractivity contribution in [2.24, 2.45) is 0 Å². The highest BCUT2D eigenvalue weighted by Gasteiger charge is 2.15. The minimum atomic E-state index is -0.0632. The van der Waals surface area contributed by atoms with Gasteiger partial charge < -0.3 is 10.2 Å². The van der Waals surface area contributed by atoms with Crippen molar-refractivity contribution in [2.45, 2.75) is 12.2 Å². The molecule has 0 atom stereocenters. The Bertz CT molecular complexity index is 704. The van der Waals surface area contributed by atoms with Gasteiger partial charge in [0.15, 0.2) is 4.96 Å². The lowest BCUT2D eigenvalue weighted by atomic mass is 10.4. The van der Waals surface area contributed by atoms with Crippen LogP contribution in [0, 0.1) is 0 Å². The Morgan fingerprint density at radius 3 is 3.23 bits per heavy atom. The first-order valence-electron chi connectivity index (χ1n) is 7.26. The Morgan fingerprint density at radius 1 is 1.41 bits per heavy atom. The van der Waals surface area contributed by atoms with Gasteiger partial charge in [-0.1, -0.05) is 0 Å². The van der Waals surface area contributed by atoms with E-state index in [0.29, 0.717) is 16.5 Å². The predicted octanol–water partition coefficient (Wildman–Crippen LogP) is 0.811. The van der Waals surface area contributed by atoms with Crippen molar-refractivity contribution in [3.63, 3.8) is 0 Å². The molecule has 0 spiro atoms. The molecule has 0 radical (unpaired) electrons. The molecule has 0 aromatic carbocycles. The van der Waals surface area contributed by atoms with E-state index < -0.39 is 0 Å². The first kappa shape index (κ1) is 15.5. The molecule has 0 unspecified atom stereocenters. The summed E-state index contributed by atoms with van der Waals surface area (Å²) in [5, 5.41) is 5.13. The summed E-state index contributed by atoms with van der Waals surface area (Å²) in [6.45, 7) is 3.45. The first-order chi connectivity index (χ1) is 10.7. The number of hydrogen-bond donors (Lipinski definition) is 1. The van der Waals surface area contributed by atoms with Gasteiger partial charge in [-0.3, -0.25) is 14.0 Å². The smallest absolute Gasteiger partial charge is 0.258 e. The topological polar surface area (TPSA) is 66.7 Å². The SMILES string of the molecule is O=C(CSCc1cc(=O)n2ccsc2n1)N1CCCNCC1. The van der Waals surface area contributed by atoms with Crippen LogP contribution in [-0.4, -0.2) is 52.1 Å². The van der Waals surface area contributed by atoms with Crippen LogP contribution in [0.25, 0.3) is 4.96 Å². The molecule has 0 saturated carbocycles. The number of thioether (sulfide) groups is 1. The van der Waals surface area contributed by atoms with Crippen LogP contribution in [0.2, 0.25) is 0 Å². The molecule has 0 bridgehead atoms. The number of hydrogen-bond acceptors (Lipinski definition) is 6. The molecular formula is C14H18N4O2S2. The molecule has 1 aliphatic rings. The minimum Gasteiger partial charge on any atom is -0.341 e. The van der Waals surface area contributed by atoms with Crippen molar-refractivity contribution in [1.29, 1.82) is 0 Å². The van der Waals surface area contributed by atoms with Gasteiger partial charge in [0.1, 0.15) is 0 Å². The largest absolute Gasteiger partial charge is 0.341 e. The second-order valence-electron chi connectivity index (χ2n) is 5.12. The average Bonchev–Trinajstić information content (AvgIpc) is 2.81. The second kappa shape index (κ2) is 7.26. The van der Waals surface area contributed by atoms with E-state index in [1.165, 1.54) is 27.5 Å². The Morgan fingerprint density at radius 2 is 2.32 bits per heavy atom. The number of aromatic nitrogens is 2. The number of thiazole rings is 1. The lowest BCUT2D eigenvalue weighted by Crippen LogP contribution is -2.35. The third-order valence-corrected chi connectivity index (χ3v) is 5.23. The number of carbonyl (C=O) groups is 1. The summed E-state index contributed by atoms with van der Waals surface area (Å²) in [4.78, 5) is 31.1. The molecule has 3 heterocycles. The summed E-state index contributed by atoms with van der Waals surface area (Å²) in [6, 6.07) is 1.55. The summed E-state index contributed by atoms with van der Waals surface area (Å²) >= 11 is 2.96. The van der Waals surface area contributed by atoms with E-state index in [4.69, 9.17) is 0 Å². The Hall–Kier alpha value is -1.38. The van der Waals surface area contributed by atoms with Crippen molar-refractivity contribution < 1.29 is 4.79 Å². The van der Waals surface area contributed by atoms with Gasteiger partial charge in [-0.05, 0) is 13.0 Å². The highest BCUT2D eigenvalue weighted by molar-refractivity contribution is 7.99. The van der Waals surface area contributed by atoms with Crippen LogP contribution in [0.1, 0.15) is 12.1 Å². The predicted molar refractivity (Wildman–Crippen MR) is 89.6 cm³/mol. The van der Waals surface area contributed by atoms with E-state index >= 15 is 0 Å². The first-order valence-corrected chi connectivity index (χ1v) is 9.29. The van der Waals surface area contributed by atoms with Gasteiger partial charge in [-0.15, -0.1) is 23.1 Å². The van der Waals surface area contributed by atoms with Gasteiger partial charge in [-0.25, -0.2) is 4.98 Å². The number of amides is 1. The summed E-state index contributed by atoms with van der Waals surface area (Å²) in [5.74, 6) is 1.19. The molecule has 1 fully saturated rings. The maximum Gasteiger partial charge on any atom is 0.258 e. The zero-order chi connectivity index (χ0) is 15.4. The highest BCUT2D eigenvalue weighted by Crippen LogP contribution is 2.13. The van der Waals surface area contributed by atoms with Crippen molar-refractivity contribution in [1.82, 2.24) is 19.6 Å². The highest BCUT2D eigenvalue weighted by atomic mass is 32.2. The summed E-state index contributed by atoms with van der Waals surface area (Å²) < 4.78 is 1.54. The van der Waals surface area contributed by atoms with Crippen molar-refractivity contribution >= 4 is 34.0 Å². The molecule has 1 amide bonds. The van der Waals surface area contributed by atoms with Crippen LogP contribution >= 0.6 is 23.1 Å². The van der Waals surface area contributed by atoms with Crippen LogP contribution < -0.4 is 10.9 Å². The number of rotatable bonds is 4. The fourth-order valence-electron chi connectivity index (χ4n) is 2.39. The number of nitrogens with one attached hydrogen (secondary N) is 1. The van der Waals surface area contributed by atoms with Gasteiger partial charge >= 0.3 is 0 Å². The Balaban J connectivity index is 1.55. The zero-order valence-corrected chi connectivity index (χ0v) is 13.8. The number of carbonyl (C=O) groups excluding carboxylic acids is 1. The molecule has 1 aliphatic heterocycles. The van der Waals surface area contributed by atoms with E-state index in [1.54, 1.807) is 12.3 Å². The van der Waals surface area contributed by atoms with E-state index in [1.807, 2.05) is 10.3 Å². The molecule has 118 valence electrons. The van der Waals surface area contributed by atoms with Crippen molar-refractivity contribution in [2.75, 3.05) is 31.9 Å². The minimum absolute atomic E-state index is 0.0632. The maximum atomic E-state index is 12.2. The van der Waals surface area contributed by atoms with Gasteiger partial charge in [0.2, 0.25) is 5.91 Å². The van der Waals surface area contributed by atoms with Gasteiger partial charge in [-0.2, -0.15) is 0 Å². The van der Waals surface area contributed by atoms with Crippen molar-refractivity contribution in [3.8, 4) is 0 Å². The third-order valence-electron chi connectivity index (χ3n) is 3.52. The molecular weight excluding hydrogens is 320 g/mol. The van der Waals surface area contributed by atoms with Crippen LogP contribution in [0.15, 0.2) is 22.4 Å². The molecule has 2 aromatic rings. The van der Waals surface area contributed by atoms with Crippen LogP contribution in [0.5, 0.6) is 0 Å². The quantitative estimate of drug-likeness (QED) is 0.894. The zero-order valence-electron chi connectivity index (χ0n) is 12.2. The standard InChI is InChI=1S/C14H18N4O2S2/c19-12-8-11(16-14-18(12)6-7-22-14)9-21-10-13(20)17-4-1-2-15-3-5-17/h6-8,15H,1-5,9-10H2. The van der Waals surface area contributed by atoms with Gasteiger partial charge in [0, 0.05) is 43.0 Å². The average molecular weight is 338 g/mol. The second-order valence-corrected chi connectivity index (χ2v) is 6.98. The van der Waals surface area contributed by atoms with Crippen LogP contribution in [-0.2, 0) is 10.5 Å². The van der Waals surface area contributed by atoms with E-state index in [9.17, 15) is 9.59 Å². The Kier molecular flexibility index (Phi) is 5.12. The molecule has 1 saturated heterocycles. The Labute approximate surface area is 136 Å². The van der Waals surface area contributed by atoms with Gasteiger partial charge in [0.25, 0.3) is 5.56 Å². The molecule has 0 aliphatic carbocycles. The van der Waals surface area contributed by atoms with Crippen LogP contribution in [0.3, 0.4) is 0 Å². The van der Waals surface area contributed by atoms with E-state index in [0.717, 1.165) is 38.3 Å². The molecule has 2 aromatic heterocycles. The normalized spacial score (nSPS) is 15.9. The third kappa shape index (κ3) is 3.68. The van der Waals surface area contributed by atoms with E-state index in [-0.39, 0.29) is 11.5 Å². The number of fused-ring (bicyclic) bond motifs is 1. The summed E-state index contributed by atoms with van der Waals surface area (Å²) in [5.41, 5.74) is 0.676. The molecule has 8 heteroatoms. The fraction of sp³-hybridized carbons (Fsp3) is 0.500. The van der Waals surface area contributed by atoms with Gasteiger partial charge in [0.05, 0.1) is 11.4 Å². The summed E-state index contributed by atoms with van der Waals surface area (Å²) in [7, 11) is 0. The monoisotopic (exact) mass is 338 g/mol. The molecule has 1 N–H and O–H groups in total. The molecule has 22 heavy (non-hydrogen) atoms. The molecule has 3 rings (SSSR count). The maximum absolute atomic E-state index is 12.2. The number of nitrogens with zero attached hydrogens (tertiary/aromatic N) is 3. The van der Waals surface area contributed by atoms with E-state index in [2.05, 4.69) is 10.3 Å². The van der Waals surface area contributed by atoms with Crippen molar-refractivity contribution in [3.05, 3.63) is 33.7 Å². The molecule has 6 nitrogen and oxygen atoms in total.